The first-order chi connectivity index (χ1) is 17.9. The highest BCUT2D eigenvalue weighted by Crippen LogP contribution is 2.38. The van der Waals surface area contributed by atoms with Crippen molar-refractivity contribution >= 4 is 34.3 Å². The number of anilines is 2. The number of phenolic OH excluding ortho intramolecular Hbond substituents is 1. The van der Waals surface area contributed by atoms with E-state index in [2.05, 4.69) is 29.1 Å². The van der Waals surface area contributed by atoms with Crippen LogP contribution in [0.3, 0.4) is 0 Å². The van der Waals surface area contributed by atoms with Gasteiger partial charge in [-0.2, -0.15) is 0 Å². The van der Waals surface area contributed by atoms with Gasteiger partial charge in [-0.25, -0.2) is 19.3 Å². The molecule has 0 saturated heterocycles. The summed E-state index contributed by atoms with van der Waals surface area (Å²) in [6.45, 7) is 4.50. The minimum Gasteiger partial charge on any atom is -0.508 e. The first-order valence-electron chi connectivity index (χ1n) is 11.8. The quantitative estimate of drug-likeness (QED) is 0.223. The molecule has 37 heavy (non-hydrogen) atoms. The second-order valence-corrected chi connectivity index (χ2v) is 9.89. The molecule has 0 bridgehead atoms. The molecule has 0 saturated carbocycles. The van der Waals surface area contributed by atoms with Crippen molar-refractivity contribution in [3.8, 4) is 11.5 Å². The average Bonchev–Trinajstić information content (AvgIpc) is 2.90. The number of aromatic hydroxyl groups is 1. The van der Waals surface area contributed by atoms with Crippen molar-refractivity contribution in [2.45, 2.75) is 36.2 Å². The number of nitrogens with one attached hydrogen (secondary N) is 1. The molecule has 5 rings (SSSR count). The monoisotopic (exact) mass is 512 g/mol. The number of rotatable bonds is 8. The number of fused-ring (bicyclic) bond motifs is 1. The summed E-state index contributed by atoms with van der Waals surface area (Å²) in [7, 11) is 0. The van der Waals surface area contributed by atoms with Crippen LogP contribution in [0.25, 0.3) is 11.0 Å². The van der Waals surface area contributed by atoms with Gasteiger partial charge in [-0.1, -0.05) is 37.7 Å². The number of pyridine rings is 1. The van der Waals surface area contributed by atoms with Crippen LogP contribution in [0.1, 0.15) is 31.0 Å². The maximum absolute atomic E-state index is 13.2. The van der Waals surface area contributed by atoms with Gasteiger partial charge in [-0.15, -0.1) is 0 Å². The molecule has 0 unspecified atom stereocenters. The van der Waals surface area contributed by atoms with Crippen molar-refractivity contribution in [1.29, 1.82) is 0 Å². The van der Waals surface area contributed by atoms with Gasteiger partial charge in [0, 0.05) is 21.6 Å². The van der Waals surface area contributed by atoms with E-state index in [-0.39, 0.29) is 11.6 Å². The molecule has 2 heterocycles. The fourth-order valence-corrected chi connectivity index (χ4v) is 4.56. The molecule has 2 aromatic heterocycles. The molecule has 0 aliphatic heterocycles. The summed E-state index contributed by atoms with van der Waals surface area (Å²) >= 11 is 1.55. The lowest BCUT2D eigenvalue weighted by Gasteiger charge is -2.15. The largest absolute Gasteiger partial charge is 0.508 e. The van der Waals surface area contributed by atoms with Gasteiger partial charge in [0.15, 0.2) is 5.65 Å². The highest BCUT2D eigenvalue weighted by atomic mass is 32.2. The van der Waals surface area contributed by atoms with Gasteiger partial charge in [0.2, 0.25) is 0 Å². The first-order valence-corrected chi connectivity index (χ1v) is 12.6. The molecule has 0 atom stereocenters. The molecule has 2 N–H and O–H groups in total. The summed E-state index contributed by atoms with van der Waals surface area (Å²) < 4.78 is 19.3. The molecule has 0 spiro atoms. The SMILES string of the molecule is CC(C)c1ccc2c(Nc3cc(OCc4ccc(F)cc4)ccc3Sc3ccc(O)cc3)ncnc2n1. The Kier molecular flexibility index (Phi) is 7.18. The van der Waals surface area contributed by atoms with Crippen LogP contribution in [-0.2, 0) is 6.61 Å². The van der Waals surface area contributed by atoms with E-state index in [1.165, 1.54) is 18.5 Å². The summed E-state index contributed by atoms with van der Waals surface area (Å²) in [6.07, 6.45) is 1.50. The molecule has 0 fully saturated rings. The number of benzene rings is 3. The van der Waals surface area contributed by atoms with Gasteiger partial charge in [-0.05, 0) is 72.1 Å². The summed E-state index contributed by atoms with van der Waals surface area (Å²) in [5, 5.41) is 13.9. The highest BCUT2D eigenvalue weighted by Gasteiger charge is 2.13. The number of hydrogen-bond acceptors (Lipinski definition) is 7. The minimum atomic E-state index is -0.280. The number of nitrogens with zero attached hydrogens (tertiary/aromatic N) is 3. The predicted molar refractivity (Wildman–Crippen MR) is 144 cm³/mol. The lowest BCUT2D eigenvalue weighted by molar-refractivity contribution is 0.306. The highest BCUT2D eigenvalue weighted by molar-refractivity contribution is 7.99. The lowest BCUT2D eigenvalue weighted by Crippen LogP contribution is -2.01. The maximum Gasteiger partial charge on any atom is 0.164 e. The van der Waals surface area contributed by atoms with Crippen LogP contribution in [-0.4, -0.2) is 20.1 Å². The molecule has 0 aliphatic carbocycles. The minimum absolute atomic E-state index is 0.216. The number of phenols is 1. The molecule has 0 amide bonds. The first kappa shape index (κ1) is 24.5. The van der Waals surface area contributed by atoms with Crippen LogP contribution in [0, 0.1) is 5.82 Å². The van der Waals surface area contributed by atoms with Gasteiger partial charge in [0.1, 0.15) is 36.1 Å². The van der Waals surface area contributed by atoms with Crippen molar-refractivity contribution in [2.75, 3.05) is 5.32 Å². The van der Waals surface area contributed by atoms with E-state index in [0.29, 0.717) is 29.7 Å². The standard InChI is InChI=1S/C29H25FN4O2S/c1-18(2)25-13-12-24-28(33-25)31-17-32-29(24)34-26-15-22(36-16-19-3-5-20(30)6-4-19)9-14-27(26)37-23-10-7-21(35)8-11-23/h3-15,17-18,35H,16H2,1-2H3,(H,31,32,33,34). The Balaban J connectivity index is 1.47. The van der Waals surface area contributed by atoms with Crippen LogP contribution >= 0.6 is 11.8 Å². The molecular formula is C29H25FN4O2S. The Bertz CT molecular complexity index is 1530. The van der Waals surface area contributed by atoms with Gasteiger partial charge >= 0.3 is 0 Å². The Morgan fingerprint density at radius 2 is 1.73 bits per heavy atom. The molecular weight excluding hydrogens is 487 g/mol. The molecule has 186 valence electrons. The van der Waals surface area contributed by atoms with Crippen molar-refractivity contribution in [2.24, 2.45) is 0 Å². The number of ether oxygens (including phenoxy) is 1. The van der Waals surface area contributed by atoms with E-state index in [1.807, 2.05) is 42.5 Å². The van der Waals surface area contributed by atoms with E-state index in [0.717, 1.165) is 32.1 Å². The van der Waals surface area contributed by atoms with Gasteiger partial charge < -0.3 is 15.2 Å². The van der Waals surface area contributed by atoms with Crippen LogP contribution < -0.4 is 10.1 Å². The van der Waals surface area contributed by atoms with E-state index >= 15 is 0 Å². The van der Waals surface area contributed by atoms with Crippen molar-refractivity contribution in [1.82, 2.24) is 15.0 Å². The normalized spacial score (nSPS) is 11.1. The molecule has 0 aliphatic rings. The second-order valence-electron chi connectivity index (χ2n) is 8.78. The molecule has 5 aromatic rings. The Labute approximate surface area is 218 Å². The third kappa shape index (κ3) is 5.98. The zero-order chi connectivity index (χ0) is 25.8. The molecule has 3 aromatic carbocycles. The number of hydrogen-bond donors (Lipinski definition) is 2. The molecule has 0 radical (unpaired) electrons. The van der Waals surface area contributed by atoms with Gasteiger partial charge in [0.05, 0.1) is 11.1 Å². The van der Waals surface area contributed by atoms with E-state index in [9.17, 15) is 9.50 Å². The van der Waals surface area contributed by atoms with Gasteiger partial charge in [-0.3, -0.25) is 0 Å². The Morgan fingerprint density at radius 1 is 0.946 bits per heavy atom. The Morgan fingerprint density at radius 3 is 2.49 bits per heavy atom. The smallest absolute Gasteiger partial charge is 0.164 e. The van der Waals surface area contributed by atoms with Crippen LogP contribution in [0.5, 0.6) is 11.5 Å². The molecule has 8 heteroatoms. The summed E-state index contributed by atoms with van der Waals surface area (Å²) in [4.78, 5) is 15.5. The third-order valence-corrected chi connectivity index (χ3v) is 6.78. The summed E-state index contributed by atoms with van der Waals surface area (Å²) in [5.41, 5.74) is 3.26. The van der Waals surface area contributed by atoms with Crippen LogP contribution in [0.2, 0.25) is 0 Å². The van der Waals surface area contributed by atoms with Crippen LogP contribution in [0.15, 0.2) is 95.0 Å². The third-order valence-electron chi connectivity index (χ3n) is 5.70. The second kappa shape index (κ2) is 10.8. The van der Waals surface area contributed by atoms with E-state index in [1.54, 1.807) is 36.0 Å². The van der Waals surface area contributed by atoms with Crippen molar-refractivity contribution in [3.63, 3.8) is 0 Å². The van der Waals surface area contributed by atoms with E-state index < -0.39 is 0 Å². The zero-order valence-electron chi connectivity index (χ0n) is 20.4. The van der Waals surface area contributed by atoms with Crippen molar-refractivity contribution < 1.29 is 14.2 Å². The number of aromatic nitrogens is 3. The predicted octanol–water partition coefficient (Wildman–Crippen LogP) is 7.47. The zero-order valence-corrected chi connectivity index (χ0v) is 21.2. The average molecular weight is 513 g/mol. The van der Waals surface area contributed by atoms with E-state index in [4.69, 9.17) is 9.72 Å². The van der Waals surface area contributed by atoms with Crippen molar-refractivity contribution in [3.05, 3.63) is 102 Å². The Hall–Kier alpha value is -4.17. The summed E-state index contributed by atoms with van der Waals surface area (Å²) in [6, 6.07) is 23.0. The fraction of sp³-hybridized carbons (Fsp3) is 0.138. The molecule has 6 nitrogen and oxygen atoms in total. The van der Waals surface area contributed by atoms with Crippen LogP contribution in [0.4, 0.5) is 15.9 Å². The topological polar surface area (TPSA) is 80.2 Å². The fourth-order valence-electron chi connectivity index (χ4n) is 3.68. The number of halogens is 1. The van der Waals surface area contributed by atoms with Gasteiger partial charge in [0.25, 0.3) is 0 Å². The maximum atomic E-state index is 13.2. The lowest BCUT2D eigenvalue weighted by atomic mass is 10.1. The summed E-state index contributed by atoms with van der Waals surface area (Å²) in [5.74, 6) is 1.52.